The van der Waals surface area contributed by atoms with Crippen LogP contribution in [0.3, 0.4) is 0 Å². The number of amides is 1. The molecule has 0 unspecified atom stereocenters. The van der Waals surface area contributed by atoms with Crippen LogP contribution in [-0.4, -0.2) is 20.7 Å². The van der Waals surface area contributed by atoms with Crippen molar-refractivity contribution in [3.05, 3.63) is 35.3 Å². The van der Waals surface area contributed by atoms with Gasteiger partial charge in [-0.15, -0.1) is 0 Å². The molecule has 1 amide bonds. The molecule has 0 aromatic carbocycles. The third-order valence-corrected chi connectivity index (χ3v) is 2.41. The van der Waals surface area contributed by atoms with Crippen molar-refractivity contribution in [3.8, 4) is 0 Å². The van der Waals surface area contributed by atoms with E-state index in [0.29, 0.717) is 11.5 Å². The Morgan fingerprint density at radius 3 is 2.67 bits per heavy atom. The third kappa shape index (κ3) is 2.48. The monoisotopic (exact) mass is 245 g/mol. The van der Waals surface area contributed by atoms with Crippen LogP contribution in [0.2, 0.25) is 0 Å². The van der Waals surface area contributed by atoms with Crippen LogP contribution < -0.4 is 11.1 Å². The molecule has 94 valence electrons. The number of aryl methyl sites for hydroxylation is 3. The van der Waals surface area contributed by atoms with Crippen LogP contribution in [0.4, 0.5) is 11.5 Å². The largest absolute Gasteiger partial charge is 0.396 e. The molecule has 6 heteroatoms. The van der Waals surface area contributed by atoms with Crippen molar-refractivity contribution in [2.24, 2.45) is 7.05 Å². The van der Waals surface area contributed by atoms with Crippen molar-refractivity contribution >= 4 is 17.4 Å². The second-order valence-electron chi connectivity index (χ2n) is 4.23. The minimum Gasteiger partial charge on any atom is -0.396 e. The fraction of sp³-hybridized carbons (Fsp3) is 0.250. The summed E-state index contributed by atoms with van der Waals surface area (Å²) < 4.78 is 1.50. The summed E-state index contributed by atoms with van der Waals surface area (Å²) in [7, 11) is 1.71. The van der Waals surface area contributed by atoms with E-state index in [1.54, 1.807) is 19.3 Å². The average molecular weight is 245 g/mol. The normalized spacial score (nSPS) is 10.4. The first-order valence-electron chi connectivity index (χ1n) is 5.51. The van der Waals surface area contributed by atoms with Gasteiger partial charge in [0, 0.05) is 18.9 Å². The number of nitrogens with two attached hydrogens (primary N) is 1. The summed E-state index contributed by atoms with van der Waals surface area (Å²) in [4.78, 5) is 16.2. The average Bonchev–Trinajstić information content (AvgIpc) is 2.56. The highest BCUT2D eigenvalue weighted by atomic mass is 16.2. The Bertz CT molecular complexity index is 582. The van der Waals surface area contributed by atoms with Gasteiger partial charge in [-0.2, -0.15) is 5.10 Å². The van der Waals surface area contributed by atoms with Gasteiger partial charge in [-0.05, 0) is 31.5 Å². The number of aromatic nitrogens is 3. The summed E-state index contributed by atoms with van der Waals surface area (Å²) >= 11 is 0. The molecule has 0 aliphatic carbocycles. The highest BCUT2D eigenvalue weighted by molar-refractivity contribution is 6.05. The quantitative estimate of drug-likeness (QED) is 0.834. The molecule has 18 heavy (non-hydrogen) atoms. The molecule has 0 atom stereocenters. The van der Waals surface area contributed by atoms with Crippen LogP contribution in [0.25, 0.3) is 0 Å². The summed E-state index contributed by atoms with van der Waals surface area (Å²) in [5.41, 5.74) is 8.13. The number of pyridine rings is 1. The smallest absolute Gasteiger partial charge is 0.279 e. The molecule has 0 bridgehead atoms. The SMILES string of the molecule is Cc1cc(C)nc(NC(=O)c2nn(C)cc2N)c1. The van der Waals surface area contributed by atoms with Gasteiger partial charge in [-0.3, -0.25) is 9.48 Å². The topological polar surface area (TPSA) is 85.8 Å². The Hall–Kier alpha value is -2.37. The van der Waals surface area contributed by atoms with E-state index >= 15 is 0 Å². The number of anilines is 2. The second-order valence-corrected chi connectivity index (χ2v) is 4.23. The fourth-order valence-corrected chi connectivity index (χ4v) is 1.76. The Morgan fingerprint density at radius 2 is 2.11 bits per heavy atom. The molecule has 0 spiro atoms. The van der Waals surface area contributed by atoms with E-state index in [0.717, 1.165) is 11.3 Å². The lowest BCUT2D eigenvalue weighted by molar-refractivity contribution is 0.102. The van der Waals surface area contributed by atoms with Gasteiger partial charge in [-0.1, -0.05) is 0 Å². The number of rotatable bonds is 2. The van der Waals surface area contributed by atoms with Crippen molar-refractivity contribution in [2.45, 2.75) is 13.8 Å². The number of carbonyl (C=O) groups is 1. The molecule has 0 aliphatic rings. The standard InChI is InChI=1S/C12H15N5O/c1-7-4-8(2)14-10(5-7)15-12(18)11-9(13)6-17(3)16-11/h4-6H,13H2,1-3H3,(H,14,15,18). The zero-order chi connectivity index (χ0) is 13.3. The maximum absolute atomic E-state index is 12.0. The molecule has 6 nitrogen and oxygen atoms in total. The van der Waals surface area contributed by atoms with Gasteiger partial charge in [0.25, 0.3) is 5.91 Å². The van der Waals surface area contributed by atoms with Crippen LogP contribution >= 0.6 is 0 Å². The zero-order valence-electron chi connectivity index (χ0n) is 10.6. The summed E-state index contributed by atoms with van der Waals surface area (Å²) in [6.45, 7) is 3.82. The van der Waals surface area contributed by atoms with Crippen LogP contribution in [0, 0.1) is 13.8 Å². The lowest BCUT2D eigenvalue weighted by atomic mass is 10.2. The predicted molar refractivity (Wildman–Crippen MR) is 69.3 cm³/mol. The number of hydrogen-bond donors (Lipinski definition) is 2. The lowest BCUT2D eigenvalue weighted by Crippen LogP contribution is -2.15. The molecular weight excluding hydrogens is 230 g/mol. The van der Waals surface area contributed by atoms with Gasteiger partial charge in [0.05, 0.1) is 5.69 Å². The first kappa shape index (κ1) is 12.1. The minimum absolute atomic E-state index is 0.207. The third-order valence-electron chi connectivity index (χ3n) is 2.41. The molecule has 0 saturated carbocycles. The molecule has 3 N–H and O–H groups in total. The van der Waals surface area contributed by atoms with Crippen molar-refractivity contribution in [2.75, 3.05) is 11.1 Å². The van der Waals surface area contributed by atoms with Gasteiger partial charge in [0.1, 0.15) is 5.82 Å². The van der Waals surface area contributed by atoms with Crippen LogP contribution in [0.5, 0.6) is 0 Å². The highest BCUT2D eigenvalue weighted by Gasteiger charge is 2.14. The number of carbonyl (C=O) groups excluding carboxylic acids is 1. The van der Waals surface area contributed by atoms with E-state index in [2.05, 4.69) is 15.4 Å². The molecule has 2 rings (SSSR count). The molecule has 2 heterocycles. The number of nitrogen functional groups attached to an aromatic ring is 1. The molecule has 0 saturated heterocycles. The summed E-state index contributed by atoms with van der Waals surface area (Å²) in [6, 6.07) is 3.73. The van der Waals surface area contributed by atoms with E-state index < -0.39 is 0 Å². The second kappa shape index (κ2) is 4.48. The summed E-state index contributed by atoms with van der Waals surface area (Å²) in [5.74, 6) is 0.146. The van der Waals surface area contributed by atoms with E-state index in [9.17, 15) is 4.79 Å². The molecule has 2 aromatic rings. The molecule has 0 fully saturated rings. The van der Waals surface area contributed by atoms with Crippen molar-refractivity contribution in [3.63, 3.8) is 0 Å². The Labute approximate surface area is 105 Å². The van der Waals surface area contributed by atoms with Crippen LogP contribution in [-0.2, 0) is 7.05 Å². The number of nitrogens with zero attached hydrogens (tertiary/aromatic N) is 3. The van der Waals surface area contributed by atoms with Crippen LogP contribution in [0.15, 0.2) is 18.3 Å². The number of nitrogens with one attached hydrogen (secondary N) is 1. The van der Waals surface area contributed by atoms with E-state index in [1.807, 2.05) is 19.9 Å². The Balaban J connectivity index is 2.23. The van der Waals surface area contributed by atoms with Crippen molar-refractivity contribution in [1.82, 2.24) is 14.8 Å². The molecule has 0 radical (unpaired) electrons. The maximum Gasteiger partial charge on any atom is 0.279 e. The zero-order valence-corrected chi connectivity index (χ0v) is 10.6. The van der Waals surface area contributed by atoms with Gasteiger partial charge >= 0.3 is 0 Å². The van der Waals surface area contributed by atoms with Crippen molar-refractivity contribution in [1.29, 1.82) is 0 Å². The predicted octanol–water partition coefficient (Wildman–Crippen LogP) is 1.27. The van der Waals surface area contributed by atoms with Gasteiger partial charge < -0.3 is 11.1 Å². The van der Waals surface area contributed by atoms with Gasteiger partial charge in [0.15, 0.2) is 5.69 Å². The number of hydrogen-bond acceptors (Lipinski definition) is 4. The van der Waals surface area contributed by atoms with Gasteiger partial charge in [0.2, 0.25) is 0 Å². The molecule has 2 aromatic heterocycles. The Kier molecular flexibility index (Phi) is 3.01. The first-order chi connectivity index (χ1) is 8.45. The molecular formula is C12H15N5O. The fourth-order valence-electron chi connectivity index (χ4n) is 1.76. The van der Waals surface area contributed by atoms with E-state index in [4.69, 9.17) is 5.73 Å². The van der Waals surface area contributed by atoms with E-state index in [1.165, 1.54) is 4.68 Å². The summed E-state index contributed by atoms with van der Waals surface area (Å²) in [6.07, 6.45) is 1.59. The maximum atomic E-state index is 12.0. The summed E-state index contributed by atoms with van der Waals surface area (Å²) in [5, 5.41) is 6.69. The molecule has 0 aliphatic heterocycles. The minimum atomic E-state index is -0.356. The van der Waals surface area contributed by atoms with Crippen molar-refractivity contribution < 1.29 is 4.79 Å². The Morgan fingerprint density at radius 1 is 1.39 bits per heavy atom. The highest BCUT2D eigenvalue weighted by Crippen LogP contribution is 2.13. The lowest BCUT2D eigenvalue weighted by Gasteiger charge is -2.05. The van der Waals surface area contributed by atoms with E-state index in [-0.39, 0.29) is 11.6 Å². The first-order valence-corrected chi connectivity index (χ1v) is 5.51. The van der Waals surface area contributed by atoms with Crippen LogP contribution in [0.1, 0.15) is 21.7 Å². The van der Waals surface area contributed by atoms with Gasteiger partial charge in [-0.25, -0.2) is 4.98 Å².